The van der Waals surface area contributed by atoms with Crippen molar-refractivity contribution in [2.75, 3.05) is 6.66 Å². The maximum atomic E-state index is 14.1. The molecule has 1 aliphatic heterocycles. The molecule has 1 fully saturated rings. The predicted molar refractivity (Wildman–Crippen MR) is 96.8 cm³/mol. The van der Waals surface area contributed by atoms with E-state index in [1.807, 2.05) is 0 Å². The molecule has 1 heterocycles. The zero-order chi connectivity index (χ0) is 26.1. The summed E-state index contributed by atoms with van der Waals surface area (Å²) in [7, 11) is -6.50. The van der Waals surface area contributed by atoms with Crippen LogP contribution >= 0.6 is 7.06 Å². The number of rotatable bonds is 2. The molecule has 0 aromatic heterocycles. The van der Waals surface area contributed by atoms with Gasteiger partial charge in [-0.15, -0.1) is 0 Å². The Bertz CT molecular complexity index is 930. The van der Waals surface area contributed by atoms with Crippen LogP contribution in [0.1, 0.15) is 0 Å². The van der Waals surface area contributed by atoms with Crippen LogP contribution in [0, 0.1) is 0 Å². The summed E-state index contributed by atoms with van der Waals surface area (Å²) in [4.78, 5) is 0. The van der Waals surface area contributed by atoms with Crippen molar-refractivity contribution in [2.45, 2.75) is 35.9 Å². The zero-order valence-corrected chi connectivity index (χ0v) is 17.5. The van der Waals surface area contributed by atoms with Crippen LogP contribution in [0.25, 0.3) is 0 Å². The molecule has 0 radical (unpaired) electrons. The standard InChI is InChI=1S/C19H13F12O2P/c1-34(12-8-4-2-5-9-12,13-10-6-3-7-11-13)32-14(16(20,21)22,17(23,24)25)15(33-34,18(26,27)28)19(29,30)31/h2-11H,1H3. The fourth-order valence-electron chi connectivity index (χ4n) is 4.04. The van der Waals surface area contributed by atoms with Gasteiger partial charge in [0.1, 0.15) is 0 Å². The number of hydrogen-bond acceptors (Lipinski definition) is 2. The van der Waals surface area contributed by atoms with Crippen molar-refractivity contribution in [3.05, 3.63) is 60.7 Å². The van der Waals surface area contributed by atoms with Gasteiger partial charge in [-0.2, -0.15) is 0 Å². The van der Waals surface area contributed by atoms with E-state index in [2.05, 4.69) is 9.05 Å². The molecule has 3 rings (SSSR count). The third kappa shape index (κ3) is 3.17. The molecule has 1 saturated heterocycles. The van der Waals surface area contributed by atoms with Crippen LogP contribution in [0.15, 0.2) is 60.7 Å². The molecule has 0 bridgehead atoms. The Morgan fingerprint density at radius 2 is 0.735 bits per heavy atom. The third-order valence-corrected chi connectivity index (χ3v) is 9.93. The van der Waals surface area contributed by atoms with Crippen molar-refractivity contribution in [3.63, 3.8) is 0 Å². The van der Waals surface area contributed by atoms with Gasteiger partial charge in [-0.3, -0.25) is 0 Å². The summed E-state index contributed by atoms with van der Waals surface area (Å²) in [6.07, 6.45) is -29.1. The summed E-state index contributed by atoms with van der Waals surface area (Å²) in [5.74, 6) is 0. The van der Waals surface area contributed by atoms with Crippen molar-refractivity contribution >= 4 is 17.7 Å². The Kier molecular flexibility index (Phi) is 5.65. The summed E-state index contributed by atoms with van der Waals surface area (Å²) in [5, 5.41) is -1.71. The number of alkyl halides is 12. The average Bonchev–Trinajstić information content (AvgIpc) is 3.01. The summed E-state index contributed by atoms with van der Waals surface area (Å²) in [5.41, 5.74) is -13.7. The zero-order valence-electron chi connectivity index (χ0n) is 16.6. The molecule has 0 atom stereocenters. The van der Waals surface area contributed by atoms with Gasteiger partial charge in [-0.25, -0.2) is 0 Å². The second-order valence-electron chi connectivity index (χ2n) is 7.57. The molecule has 0 N–H and O–H groups in total. The molecule has 0 unspecified atom stereocenters. The maximum absolute atomic E-state index is 14.1. The van der Waals surface area contributed by atoms with Gasteiger partial charge in [-0.1, -0.05) is 0 Å². The van der Waals surface area contributed by atoms with Crippen molar-refractivity contribution in [2.24, 2.45) is 0 Å². The Morgan fingerprint density at radius 1 is 0.500 bits per heavy atom. The molecule has 2 nitrogen and oxygen atoms in total. The Morgan fingerprint density at radius 3 is 0.941 bits per heavy atom. The van der Waals surface area contributed by atoms with Crippen molar-refractivity contribution in [1.82, 2.24) is 0 Å². The molecule has 0 aliphatic carbocycles. The van der Waals surface area contributed by atoms with Gasteiger partial charge in [0.05, 0.1) is 0 Å². The van der Waals surface area contributed by atoms with Crippen LogP contribution < -0.4 is 10.6 Å². The first-order chi connectivity index (χ1) is 15.2. The van der Waals surface area contributed by atoms with E-state index in [0.29, 0.717) is 6.66 Å². The van der Waals surface area contributed by atoms with E-state index in [9.17, 15) is 52.7 Å². The van der Waals surface area contributed by atoms with Crippen LogP contribution in [-0.2, 0) is 9.05 Å². The Balaban J connectivity index is 2.67. The Labute approximate surface area is 183 Å². The summed E-state index contributed by atoms with van der Waals surface area (Å²) >= 11 is 0. The van der Waals surface area contributed by atoms with Gasteiger partial charge in [0.2, 0.25) is 0 Å². The van der Waals surface area contributed by atoms with E-state index in [4.69, 9.17) is 0 Å². The van der Waals surface area contributed by atoms with Crippen LogP contribution in [-0.4, -0.2) is 42.6 Å². The van der Waals surface area contributed by atoms with Gasteiger partial charge >= 0.3 is 183 Å². The van der Waals surface area contributed by atoms with E-state index >= 15 is 0 Å². The van der Waals surface area contributed by atoms with Gasteiger partial charge < -0.3 is 0 Å². The van der Waals surface area contributed by atoms with Gasteiger partial charge in [0.25, 0.3) is 0 Å². The fourth-order valence-corrected chi connectivity index (χ4v) is 8.51. The summed E-state index contributed by atoms with van der Waals surface area (Å²) in [6.45, 7) is 0.293. The molecule has 0 saturated carbocycles. The van der Waals surface area contributed by atoms with Crippen LogP contribution in [0.2, 0.25) is 0 Å². The average molecular weight is 532 g/mol. The van der Waals surface area contributed by atoms with E-state index in [-0.39, 0.29) is 0 Å². The second kappa shape index (κ2) is 7.23. The van der Waals surface area contributed by atoms with E-state index in [1.54, 1.807) is 0 Å². The molecule has 15 heteroatoms. The third-order valence-electron chi connectivity index (χ3n) is 5.51. The van der Waals surface area contributed by atoms with Crippen molar-refractivity contribution in [3.8, 4) is 0 Å². The minimum absolute atomic E-state index is 0.293. The quantitative estimate of drug-likeness (QED) is 0.328. The molecule has 2 aromatic rings. The normalized spacial score (nSPS) is 23.1. The monoisotopic (exact) mass is 532 g/mol. The van der Waals surface area contributed by atoms with Gasteiger partial charge in [-0.05, 0) is 0 Å². The van der Waals surface area contributed by atoms with E-state index in [1.165, 1.54) is 12.1 Å². The SMILES string of the molecule is CP1(c2ccccc2)(c2ccccc2)OC(C(F)(F)F)(C(F)(F)F)C(C(F)(F)F)(C(F)(F)F)O1. The first-order valence-corrected chi connectivity index (χ1v) is 11.5. The molecule has 0 spiro atoms. The summed E-state index contributed by atoms with van der Waals surface area (Å²) in [6, 6.07) is 9.32. The minimum atomic E-state index is -7.28. The summed E-state index contributed by atoms with van der Waals surface area (Å²) < 4.78 is 178. The predicted octanol–water partition coefficient (Wildman–Crippen LogP) is 6.42. The van der Waals surface area contributed by atoms with Gasteiger partial charge in [0, 0.05) is 0 Å². The Hall–Kier alpha value is -2.05. The molecular weight excluding hydrogens is 519 g/mol. The van der Waals surface area contributed by atoms with E-state index in [0.717, 1.165) is 48.5 Å². The van der Waals surface area contributed by atoms with Crippen molar-refractivity contribution < 1.29 is 61.7 Å². The second-order valence-corrected chi connectivity index (χ2v) is 11.7. The van der Waals surface area contributed by atoms with E-state index < -0.39 is 53.6 Å². The number of halogens is 12. The van der Waals surface area contributed by atoms with Crippen molar-refractivity contribution in [1.29, 1.82) is 0 Å². The topological polar surface area (TPSA) is 18.5 Å². The first-order valence-electron chi connectivity index (χ1n) is 9.01. The molecule has 2 aromatic carbocycles. The first kappa shape index (κ1) is 26.6. The molecule has 0 amide bonds. The molecule has 190 valence electrons. The molecular formula is C19H13F12O2P. The number of hydrogen-bond donors (Lipinski definition) is 0. The van der Waals surface area contributed by atoms with Gasteiger partial charge in [0.15, 0.2) is 0 Å². The van der Waals surface area contributed by atoms with Crippen LogP contribution in [0.5, 0.6) is 0 Å². The van der Waals surface area contributed by atoms with Crippen LogP contribution in [0.3, 0.4) is 0 Å². The fraction of sp³-hybridized carbons (Fsp3) is 0.368. The molecule has 34 heavy (non-hydrogen) atoms. The van der Waals surface area contributed by atoms with Crippen LogP contribution in [0.4, 0.5) is 52.7 Å². The molecule has 1 aliphatic rings. The number of benzene rings is 2.